The van der Waals surface area contributed by atoms with Crippen LogP contribution in [-0.4, -0.2) is 9.97 Å². The Morgan fingerprint density at radius 3 is 1.23 bits per heavy atom. The predicted molar refractivity (Wildman–Crippen MR) is 127 cm³/mol. The van der Waals surface area contributed by atoms with E-state index in [-0.39, 0.29) is 0 Å². The van der Waals surface area contributed by atoms with Crippen molar-refractivity contribution in [2.75, 3.05) is 0 Å². The summed E-state index contributed by atoms with van der Waals surface area (Å²) in [6, 6.07) is 25.8. The van der Waals surface area contributed by atoms with E-state index in [1.54, 1.807) is 0 Å². The molecule has 0 aliphatic rings. The third-order valence-electron chi connectivity index (χ3n) is 6.13. The quantitative estimate of drug-likeness (QED) is 0.295. The predicted octanol–water partition coefficient (Wildman–Crippen LogP) is 7.35. The summed E-state index contributed by atoms with van der Waals surface area (Å²) in [6.07, 6.45) is 0. The summed E-state index contributed by atoms with van der Waals surface area (Å²) in [5.41, 5.74) is 11.3. The molecule has 0 saturated carbocycles. The molecule has 5 rings (SSSR count). The Morgan fingerprint density at radius 1 is 0.433 bits per heavy atom. The highest BCUT2D eigenvalue weighted by atomic mass is 14.8. The average Bonchev–Trinajstić information content (AvgIpc) is 2.76. The van der Waals surface area contributed by atoms with Gasteiger partial charge in [0.1, 0.15) is 0 Å². The topological polar surface area (TPSA) is 25.8 Å². The third-order valence-corrected chi connectivity index (χ3v) is 6.13. The van der Waals surface area contributed by atoms with E-state index in [1.807, 2.05) is 0 Å². The molecule has 30 heavy (non-hydrogen) atoms. The van der Waals surface area contributed by atoms with Crippen molar-refractivity contribution >= 4 is 21.8 Å². The molecule has 0 saturated heterocycles. The van der Waals surface area contributed by atoms with Gasteiger partial charge in [0.25, 0.3) is 0 Å². The molecule has 0 N–H and O–H groups in total. The van der Waals surface area contributed by atoms with E-state index in [0.29, 0.717) is 0 Å². The standard InChI is InChI=1S/C28H24N2/c1-17-5-7-23(15-19(17)3)25-13-11-21-9-10-22-12-14-26(30-28(22)27(21)29-25)24-8-6-18(2)20(4)16-24/h5-16H,1-4H3. The number of hydrogen-bond acceptors (Lipinski definition) is 2. The number of benzene rings is 3. The molecule has 5 aromatic rings. The number of fused-ring (bicyclic) bond motifs is 3. The smallest absolute Gasteiger partial charge is 0.0972 e. The largest absolute Gasteiger partial charge is 0.245 e. The molecule has 3 aromatic carbocycles. The molecule has 2 nitrogen and oxygen atoms in total. The molecule has 0 unspecified atom stereocenters. The zero-order chi connectivity index (χ0) is 20.8. The van der Waals surface area contributed by atoms with Gasteiger partial charge in [-0.05, 0) is 74.2 Å². The van der Waals surface area contributed by atoms with Gasteiger partial charge in [-0.1, -0.05) is 48.5 Å². The fraction of sp³-hybridized carbons (Fsp3) is 0.143. The first-order valence-electron chi connectivity index (χ1n) is 10.4. The van der Waals surface area contributed by atoms with Crippen LogP contribution in [0, 0.1) is 27.7 Å². The van der Waals surface area contributed by atoms with Crippen LogP contribution in [0.1, 0.15) is 22.3 Å². The average molecular weight is 389 g/mol. The third kappa shape index (κ3) is 3.15. The molecule has 0 fully saturated rings. The number of aromatic nitrogens is 2. The molecule has 0 aliphatic heterocycles. The van der Waals surface area contributed by atoms with Gasteiger partial charge in [0.15, 0.2) is 0 Å². The van der Waals surface area contributed by atoms with E-state index >= 15 is 0 Å². The highest BCUT2D eigenvalue weighted by Crippen LogP contribution is 2.29. The first-order chi connectivity index (χ1) is 14.5. The van der Waals surface area contributed by atoms with E-state index in [0.717, 1.165) is 44.3 Å². The highest BCUT2D eigenvalue weighted by molar-refractivity contribution is 6.04. The lowest BCUT2D eigenvalue weighted by atomic mass is 10.0. The summed E-state index contributed by atoms with van der Waals surface area (Å²) in [5, 5.41) is 2.22. The molecular weight excluding hydrogens is 364 g/mol. The minimum atomic E-state index is 0.953. The van der Waals surface area contributed by atoms with Gasteiger partial charge in [0, 0.05) is 21.9 Å². The zero-order valence-electron chi connectivity index (χ0n) is 17.8. The maximum absolute atomic E-state index is 5.05. The summed E-state index contributed by atoms with van der Waals surface area (Å²) in [5.74, 6) is 0. The van der Waals surface area contributed by atoms with Crippen molar-refractivity contribution in [1.82, 2.24) is 9.97 Å². The van der Waals surface area contributed by atoms with Gasteiger partial charge in [-0.15, -0.1) is 0 Å². The molecular formula is C28H24N2. The number of pyridine rings is 2. The van der Waals surface area contributed by atoms with Crippen molar-refractivity contribution in [3.63, 3.8) is 0 Å². The van der Waals surface area contributed by atoms with E-state index < -0.39 is 0 Å². The molecule has 146 valence electrons. The first-order valence-corrected chi connectivity index (χ1v) is 10.4. The van der Waals surface area contributed by atoms with Gasteiger partial charge in [0.05, 0.1) is 22.4 Å². The van der Waals surface area contributed by atoms with E-state index in [2.05, 4.69) is 100 Å². The molecule has 0 aliphatic carbocycles. The van der Waals surface area contributed by atoms with Crippen molar-refractivity contribution in [1.29, 1.82) is 0 Å². The van der Waals surface area contributed by atoms with Crippen LogP contribution >= 0.6 is 0 Å². The maximum Gasteiger partial charge on any atom is 0.0972 e. The van der Waals surface area contributed by atoms with Crippen LogP contribution in [0.15, 0.2) is 72.8 Å². The minimum Gasteiger partial charge on any atom is -0.245 e. The van der Waals surface area contributed by atoms with E-state index in [9.17, 15) is 0 Å². The van der Waals surface area contributed by atoms with Gasteiger partial charge in [-0.25, -0.2) is 9.97 Å². The second kappa shape index (κ2) is 7.07. The van der Waals surface area contributed by atoms with Crippen LogP contribution < -0.4 is 0 Å². The lowest BCUT2D eigenvalue weighted by molar-refractivity contribution is 1.31. The van der Waals surface area contributed by atoms with E-state index in [4.69, 9.17) is 9.97 Å². The fourth-order valence-electron chi connectivity index (χ4n) is 3.89. The Balaban J connectivity index is 1.72. The first kappa shape index (κ1) is 18.5. The van der Waals surface area contributed by atoms with Crippen molar-refractivity contribution < 1.29 is 0 Å². The second-order valence-electron chi connectivity index (χ2n) is 8.20. The molecule has 0 spiro atoms. The Bertz CT molecular complexity index is 1320. The molecule has 0 atom stereocenters. The van der Waals surface area contributed by atoms with E-state index in [1.165, 1.54) is 22.3 Å². The number of nitrogens with zero attached hydrogens (tertiary/aromatic N) is 2. The lowest BCUT2D eigenvalue weighted by Gasteiger charge is -2.10. The number of aryl methyl sites for hydroxylation is 4. The summed E-state index contributed by atoms with van der Waals surface area (Å²) in [7, 11) is 0. The Morgan fingerprint density at radius 2 is 0.833 bits per heavy atom. The minimum absolute atomic E-state index is 0.953. The molecule has 0 amide bonds. The Kier molecular flexibility index (Phi) is 4.36. The summed E-state index contributed by atoms with van der Waals surface area (Å²) < 4.78 is 0. The summed E-state index contributed by atoms with van der Waals surface area (Å²) in [6.45, 7) is 8.57. The van der Waals surface area contributed by atoms with Crippen LogP contribution in [0.25, 0.3) is 44.3 Å². The molecule has 0 radical (unpaired) electrons. The van der Waals surface area contributed by atoms with Gasteiger partial charge >= 0.3 is 0 Å². The zero-order valence-corrected chi connectivity index (χ0v) is 17.8. The van der Waals surface area contributed by atoms with Crippen LogP contribution in [0.3, 0.4) is 0 Å². The molecule has 2 heterocycles. The van der Waals surface area contributed by atoms with Crippen molar-refractivity contribution in [3.05, 3.63) is 95.1 Å². The molecule has 2 heteroatoms. The number of rotatable bonds is 2. The van der Waals surface area contributed by atoms with Gasteiger partial charge in [-0.2, -0.15) is 0 Å². The summed E-state index contributed by atoms with van der Waals surface area (Å²) >= 11 is 0. The summed E-state index contributed by atoms with van der Waals surface area (Å²) in [4.78, 5) is 10.1. The van der Waals surface area contributed by atoms with Crippen LogP contribution in [0.2, 0.25) is 0 Å². The number of hydrogen-bond donors (Lipinski definition) is 0. The highest BCUT2D eigenvalue weighted by Gasteiger charge is 2.09. The lowest BCUT2D eigenvalue weighted by Crippen LogP contribution is -1.92. The van der Waals surface area contributed by atoms with Crippen LogP contribution in [0.4, 0.5) is 0 Å². The second-order valence-corrected chi connectivity index (χ2v) is 8.20. The maximum atomic E-state index is 5.05. The van der Waals surface area contributed by atoms with Gasteiger partial charge in [0.2, 0.25) is 0 Å². The Hall–Kier alpha value is -3.52. The SMILES string of the molecule is Cc1ccc(-c2ccc3ccc4ccc(-c5ccc(C)c(C)c5)nc4c3n2)cc1C. The monoisotopic (exact) mass is 388 g/mol. The van der Waals surface area contributed by atoms with Crippen molar-refractivity contribution in [3.8, 4) is 22.5 Å². The van der Waals surface area contributed by atoms with Gasteiger partial charge < -0.3 is 0 Å². The van der Waals surface area contributed by atoms with Crippen LogP contribution in [0.5, 0.6) is 0 Å². The fourth-order valence-corrected chi connectivity index (χ4v) is 3.89. The van der Waals surface area contributed by atoms with Crippen molar-refractivity contribution in [2.45, 2.75) is 27.7 Å². The van der Waals surface area contributed by atoms with Crippen LogP contribution in [-0.2, 0) is 0 Å². The molecule has 2 aromatic heterocycles. The molecule has 0 bridgehead atoms. The Labute approximate surface area is 177 Å². The van der Waals surface area contributed by atoms with Crippen molar-refractivity contribution in [2.24, 2.45) is 0 Å². The normalized spacial score (nSPS) is 11.3. The van der Waals surface area contributed by atoms with Gasteiger partial charge in [-0.3, -0.25) is 0 Å².